The van der Waals surface area contributed by atoms with Crippen LogP contribution in [0.15, 0.2) is 0 Å². The second kappa shape index (κ2) is 7.53. The fraction of sp³-hybridized carbons (Fsp3) is 0.812. The lowest BCUT2D eigenvalue weighted by atomic mass is 9.95. The van der Waals surface area contributed by atoms with Crippen LogP contribution >= 0.6 is 11.3 Å². The normalized spacial score (nSPS) is 18.9. The maximum atomic E-state index is 6.00. The predicted molar refractivity (Wildman–Crippen MR) is 85.3 cm³/mol. The average Bonchev–Trinajstić information content (AvgIpc) is 2.72. The summed E-state index contributed by atoms with van der Waals surface area (Å²) < 4.78 is 6.00. The molecular weight excluding hydrogens is 268 g/mol. The third-order valence-electron chi connectivity index (χ3n) is 4.29. The number of nitrogens with zero attached hydrogens (tertiary/aromatic N) is 1. The molecule has 0 bridgehead atoms. The number of rotatable bonds is 6. The van der Waals surface area contributed by atoms with Crippen molar-refractivity contribution in [3.8, 4) is 0 Å². The Kier molecular flexibility index (Phi) is 6.00. The zero-order chi connectivity index (χ0) is 14.4. The third kappa shape index (κ3) is 3.41. The fourth-order valence-corrected chi connectivity index (χ4v) is 4.46. The van der Waals surface area contributed by atoms with E-state index in [1.807, 2.05) is 25.5 Å². The summed E-state index contributed by atoms with van der Waals surface area (Å²) in [5, 5.41) is 4.49. The summed E-state index contributed by atoms with van der Waals surface area (Å²) in [5.74, 6) is 0. The predicted octanol–water partition coefficient (Wildman–Crippen LogP) is 4.01. The van der Waals surface area contributed by atoms with Gasteiger partial charge in [0.15, 0.2) is 0 Å². The molecule has 1 aliphatic rings. The summed E-state index contributed by atoms with van der Waals surface area (Å²) in [5.41, 5.74) is 1.16. The quantitative estimate of drug-likeness (QED) is 0.805. The van der Waals surface area contributed by atoms with E-state index in [1.165, 1.54) is 41.3 Å². The Hall–Kier alpha value is -0.450. The molecule has 0 spiro atoms. The van der Waals surface area contributed by atoms with Crippen LogP contribution in [0.4, 0.5) is 0 Å². The first-order valence-corrected chi connectivity index (χ1v) is 8.76. The minimum absolute atomic E-state index is 0.115. The van der Waals surface area contributed by atoms with Crippen molar-refractivity contribution in [1.82, 2.24) is 10.3 Å². The van der Waals surface area contributed by atoms with Gasteiger partial charge in [0.2, 0.25) is 0 Å². The van der Waals surface area contributed by atoms with Crippen molar-refractivity contribution in [2.45, 2.75) is 70.4 Å². The van der Waals surface area contributed by atoms with Gasteiger partial charge in [0, 0.05) is 18.5 Å². The van der Waals surface area contributed by atoms with Crippen LogP contribution in [0.3, 0.4) is 0 Å². The van der Waals surface area contributed by atoms with Crippen molar-refractivity contribution >= 4 is 11.3 Å². The molecular formula is C16H28N2OS. The van der Waals surface area contributed by atoms with Gasteiger partial charge in [-0.1, -0.05) is 39.0 Å². The van der Waals surface area contributed by atoms with Crippen LogP contribution in [-0.4, -0.2) is 19.1 Å². The largest absolute Gasteiger partial charge is 0.371 e. The van der Waals surface area contributed by atoms with E-state index in [2.05, 4.69) is 12.2 Å². The van der Waals surface area contributed by atoms with Gasteiger partial charge in [-0.15, -0.1) is 11.3 Å². The van der Waals surface area contributed by atoms with Crippen LogP contribution in [-0.2, 0) is 23.3 Å². The SMILES string of the molecule is CCCc1nc(C2(OC)CCCCCC2)sc1CNC. The molecule has 3 nitrogen and oxygen atoms in total. The van der Waals surface area contributed by atoms with Crippen LogP contribution in [0.25, 0.3) is 0 Å². The van der Waals surface area contributed by atoms with Crippen LogP contribution in [0.1, 0.15) is 67.4 Å². The number of thiazole rings is 1. The highest BCUT2D eigenvalue weighted by atomic mass is 32.1. The van der Waals surface area contributed by atoms with E-state index < -0.39 is 0 Å². The molecule has 1 aromatic rings. The van der Waals surface area contributed by atoms with Gasteiger partial charge in [-0.25, -0.2) is 4.98 Å². The molecule has 4 heteroatoms. The number of methoxy groups -OCH3 is 1. The summed E-state index contributed by atoms with van der Waals surface area (Å²) in [6, 6.07) is 0. The van der Waals surface area contributed by atoms with Gasteiger partial charge in [-0.05, 0) is 26.3 Å². The summed E-state index contributed by atoms with van der Waals surface area (Å²) in [7, 11) is 3.87. The van der Waals surface area contributed by atoms with E-state index in [0.29, 0.717) is 0 Å². The second-order valence-electron chi connectivity index (χ2n) is 5.78. The topological polar surface area (TPSA) is 34.1 Å². The molecule has 0 saturated heterocycles. The van der Waals surface area contributed by atoms with Crippen molar-refractivity contribution in [3.63, 3.8) is 0 Å². The number of aromatic nitrogens is 1. The average molecular weight is 296 g/mol. The molecule has 1 fully saturated rings. The molecule has 0 radical (unpaired) electrons. The summed E-state index contributed by atoms with van der Waals surface area (Å²) >= 11 is 1.86. The van der Waals surface area contributed by atoms with Crippen LogP contribution < -0.4 is 5.32 Å². The number of aryl methyl sites for hydroxylation is 1. The molecule has 1 N–H and O–H groups in total. The first kappa shape index (κ1) is 15.9. The molecule has 0 atom stereocenters. The molecule has 1 aromatic heterocycles. The number of hydrogen-bond donors (Lipinski definition) is 1. The Morgan fingerprint density at radius 1 is 1.25 bits per heavy atom. The van der Waals surface area contributed by atoms with Crippen molar-refractivity contribution in [1.29, 1.82) is 0 Å². The van der Waals surface area contributed by atoms with Crippen LogP contribution in [0, 0.1) is 0 Å². The lowest BCUT2D eigenvalue weighted by Gasteiger charge is -2.29. The van der Waals surface area contributed by atoms with E-state index in [4.69, 9.17) is 9.72 Å². The number of nitrogens with one attached hydrogen (secondary N) is 1. The second-order valence-corrected chi connectivity index (χ2v) is 6.87. The molecule has 1 heterocycles. The molecule has 0 amide bonds. The van der Waals surface area contributed by atoms with Crippen molar-refractivity contribution in [2.75, 3.05) is 14.2 Å². The Morgan fingerprint density at radius 3 is 2.50 bits per heavy atom. The van der Waals surface area contributed by atoms with E-state index in [9.17, 15) is 0 Å². The van der Waals surface area contributed by atoms with Gasteiger partial charge in [0.25, 0.3) is 0 Å². The smallest absolute Gasteiger partial charge is 0.125 e. The van der Waals surface area contributed by atoms with Gasteiger partial charge >= 0.3 is 0 Å². The molecule has 0 aromatic carbocycles. The lowest BCUT2D eigenvalue weighted by Crippen LogP contribution is -2.27. The monoisotopic (exact) mass is 296 g/mol. The first-order valence-electron chi connectivity index (χ1n) is 7.94. The molecule has 1 aliphatic carbocycles. The van der Waals surface area contributed by atoms with Crippen molar-refractivity contribution in [2.24, 2.45) is 0 Å². The Labute approximate surface area is 127 Å². The Bertz CT molecular complexity index is 385. The number of ether oxygens (including phenoxy) is 1. The zero-order valence-electron chi connectivity index (χ0n) is 13.1. The van der Waals surface area contributed by atoms with Gasteiger partial charge in [-0.3, -0.25) is 0 Å². The molecule has 20 heavy (non-hydrogen) atoms. The van der Waals surface area contributed by atoms with E-state index >= 15 is 0 Å². The van der Waals surface area contributed by atoms with E-state index in [0.717, 1.165) is 32.2 Å². The van der Waals surface area contributed by atoms with Crippen LogP contribution in [0.2, 0.25) is 0 Å². The molecule has 0 aliphatic heterocycles. The maximum Gasteiger partial charge on any atom is 0.125 e. The highest BCUT2D eigenvalue weighted by molar-refractivity contribution is 7.11. The van der Waals surface area contributed by atoms with Crippen molar-refractivity contribution in [3.05, 3.63) is 15.6 Å². The number of hydrogen-bond acceptors (Lipinski definition) is 4. The first-order chi connectivity index (χ1) is 9.75. The Morgan fingerprint density at radius 2 is 1.95 bits per heavy atom. The molecule has 1 saturated carbocycles. The molecule has 0 unspecified atom stereocenters. The summed E-state index contributed by atoms with van der Waals surface area (Å²) in [4.78, 5) is 6.37. The minimum atomic E-state index is -0.115. The summed E-state index contributed by atoms with van der Waals surface area (Å²) in [6.45, 7) is 3.15. The summed E-state index contributed by atoms with van der Waals surface area (Å²) in [6.07, 6.45) is 9.68. The van der Waals surface area contributed by atoms with Gasteiger partial charge in [-0.2, -0.15) is 0 Å². The van der Waals surface area contributed by atoms with Gasteiger partial charge in [0.05, 0.1) is 5.69 Å². The molecule has 2 rings (SSSR count). The maximum absolute atomic E-state index is 6.00. The molecule has 114 valence electrons. The van der Waals surface area contributed by atoms with Gasteiger partial charge in [0.1, 0.15) is 10.6 Å². The van der Waals surface area contributed by atoms with Gasteiger partial charge < -0.3 is 10.1 Å². The van der Waals surface area contributed by atoms with Crippen LogP contribution in [0.5, 0.6) is 0 Å². The highest BCUT2D eigenvalue weighted by Crippen LogP contribution is 2.41. The fourth-order valence-electron chi connectivity index (χ4n) is 3.11. The minimum Gasteiger partial charge on any atom is -0.371 e. The zero-order valence-corrected chi connectivity index (χ0v) is 13.9. The van der Waals surface area contributed by atoms with Crippen molar-refractivity contribution < 1.29 is 4.74 Å². The third-order valence-corrected chi connectivity index (χ3v) is 5.58. The van der Waals surface area contributed by atoms with E-state index in [-0.39, 0.29) is 5.60 Å². The highest BCUT2D eigenvalue weighted by Gasteiger charge is 2.36. The Balaban J connectivity index is 2.30. The van der Waals surface area contributed by atoms with E-state index in [1.54, 1.807) is 0 Å². The lowest BCUT2D eigenvalue weighted by molar-refractivity contribution is -0.0280. The standard InChI is InChI=1S/C16H28N2OS/c1-4-9-13-14(12-17-2)20-15(18-13)16(19-3)10-7-5-6-8-11-16/h17H,4-12H2,1-3H3.